The van der Waals surface area contributed by atoms with Crippen molar-refractivity contribution in [1.82, 2.24) is 5.32 Å². The van der Waals surface area contributed by atoms with E-state index in [1.54, 1.807) is 12.1 Å². The monoisotopic (exact) mass is 447 g/mol. The molecule has 0 radical (unpaired) electrons. The van der Waals surface area contributed by atoms with Crippen LogP contribution >= 0.6 is 0 Å². The number of non-ortho nitro benzene ring substituents is 1. The molecule has 0 fully saturated rings. The van der Waals surface area contributed by atoms with Gasteiger partial charge in [0, 0.05) is 30.4 Å². The summed E-state index contributed by atoms with van der Waals surface area (Å²) in [5.74, 6) is 0.0909. The van der Waals surface area contributed by atoms with Crippen LogP contribution in [0.1, 0.15) is 24.5 Å². The van der Waals surface area contributed by atoms with Gasteiger partial charge in [0.25, 0.3) is 5.69 Å². The standard InChI is InChI=1S/C26H29N3O4/c1-20(18-27-26(30)33-19-22-10-6-3-7-11-22)25(17-12-21-8-4-2-5-9-21)28-23-13-15-24(16-14-23)29(31)32/h2-11,13-16,20,25,28H,12,17-19H2,1H3,(H,27,30)/t20-,25+/m0/s1. The molecule has 2 N–H and O–H groups in total. The first-order valence-corrected chi connectivity index (χ1v) is 11.0. The highest BCUT2D eigenvalue weighted by atomic mass is 16.6. The summed E-state index contributed by atoms with van der Waals surface area (Å²) in [5, 5.41) is 17.3. The average molecular weight is 448 g/mol. The van der Waals surface area contributed by atoms with Crippen molar-refractivity contribution in [2.75, 3.05) is 11.9 Å². The third kappa shape index (κ3) is 7.96. The Labute approximate surface area is 193 Å². The SMILES string of the molecule is C[C@@H](CNC(=O)OCc1ccccc1)[C@@H](CCc1ccccc1)Nc1ccc([N+](=O)[O-])cc1. The normalized spacial score (nSPS) is 12.4. The first kappa shape index (κ1) is 23.8. The summed E-state index contributed by atoms with van der Waals surface area (Å²) >= 11 is 0. The lowest BCUT2D eigenvalue weighted by molar-refractivity contribution is -0.384. The van der Waals surface area contributed by atoms with E-state index in [9.17, 15) is 14.9 Å². The number of alkyl carbamates (subject to hydrolysis) is 1. The van der Waals surface area contributed by atoms with Crippen LogP contribution in [0.5, 0.6) is 0 Å². The zero-order chi connectivity index (χ0) is 23.5. The number of nitro benzene ring substituents is 1. The quantitative estimate of drug-likeness (QED) is 0.296. The number of nitrogens with zero attached hydrogens (tertiary/aromatic N) is 1. The van der Waals surface area contributed by atoms with Crippen LogP contribution in [0.2, 0.25) is 0 Å². The van der Waals surface area contributed by atoms with Gasteiger partial charge in [-0.2, -0.15) is 0 Å². The smallest absolute Gasteiger partial charge is 0.407 e. The number of aryl methyl sites for hydroxylation is 1. The van der Waals surface area contributed by atoms with Crippen LogP contribution < -0.4 is 10.6 Å². The molecule has 0 bridgehead atoms. The average Bonchev–Trinajstić information content (AvgIpc) is 2.85. The van der Waals surface area contributed by atoms with Gasteiger partial charge in [-0.25, -0.2) is 4.79 Å². The van der Waals surface area contributed by atoms with Crippen LogP contribution in [0.25, 0.3) is 0 Å². The molecule has 0 aromatic heterocycles. The van der Waals surface area contributed by atoms with Gasteiger partial charge in [-0.05, 0) is 42.0 Å². The second-order valence-corrected chi connectivity index (χ2v) is 8.00. The molecular weight excluding hydrogens is 418 g/mol. The Morgan fingerprint density at radius 2 is 1.55 bits per heavy atom. The summed E-state index contributed by atoms with van der Waals surface area (Å²) in [6.45, 7) is 2.72. The van der Waals surface area contributed by atoms with E-state index < -0.39 is 11.0 Å². The highest BCUT2D eigenvalue weighted by molar-refractivity contribution is 5.67. The van der Waals surface area contributed by atoms with E-state index in [-0.39, 0.29) is 24.3 Å². The third-order valence-electron chi connectivity index (χ3n) is 5.49. The van der Waals surface area contributed by atoms with Crippen molar-refractivity contribution in [2.45, 2.75) is 32.4 Å². The number of carbonyl (C=O) groups is 1. The topological polar surface area (TPSA) is 93.5 Å². The minimum atomic E-state index is -0.456. The van der Waals surface area contributed by atoms with Crippen molar-refractivity contribution in [3.8, 4) is 0 Å². The Kier molecular flexibility index (Phi) is 8.82. The lowest BCUT2D eigenvalue weighted by Crippen LogP contribution is -2.37. The molecule has 0 aliphatic heterocycles. The van der Waals surface area contributed by atoms with Crippen molar-refractivity contribution >= 4 is 17.5 Å². The zero-order valence-corrected chi connectivity index (χ0v) is 18.6. The molecule has 7 nitrogen and oxygen atoms in total. The summed E-state index contributed by atoms with van der Waals surface area (Å²) in [5.41, 5.74) is 3.02. The molecule has 0 aliphatic carbocycles. The second-order valence-electron chi connectivity index (χ2n) is 8.00. The number of hydrogen-bond donors (Lipinski definition) is 2. The predicted molar refractivity (Wildman–Crippen MR) is 129 cm³/mol. The van der Waals surface area contributed by atoms with Crippen molar-refractivity contribution in [1.29, 1.82) is 0 Å². The molecule has 0 heterocycles. The van der Waals surface area contributed by atoms with E-state index in [4.69, 9.17) is 4.74 Å². The Morgan fingerprint density at radius 1 is 0.939 bits per heavy atom. The molecule has 1 amide bonds. The number of anilines is 1. The molecule has 7 heteroatoms. The summed E-state index contributed by atoms with van der Waals surface area (Å²) in [7, 11) is 0. The van der Waals surface area contributed by atoms with E-state index in [2.05, 4.69) is 29.7 Å². The Morgan fingerprint density at radius 3 is 2.15 bits per heavy atom. The van der Waals surface area contributed by atoms with Gasteiger partial charge in [0.2, 0.25) is 0 Å². The van der Waals surface area contributed by atoms with Crippen LogP contribution in [0.3, 0.4) is 0 Å². The fourth-order valence-corrected chi connectivity index (χ4v) is 3.52. The molecular formula is C26H29N3O4. The predicted octanol–water partition coefficient (Wildman–Crippen LogP) is 5.57. The first-order chi connectivity index (χ1) is 16.0. The number of ether oxygens (including phenoxy) is 1. The number of benzene rings is 3. The molecule has 172 valence electrons. The maximum Gasteiger partial charge on any atom is 0.407 e. The maximum atomic E-state index is 12.2. The molecule has 3 aromatic rings. The minimum absolute atomic E-state index is 0.0427. The molecule has 0 saturated heterocycles. The zero-order valence-electron chi connectivity index (χ0n) is 18.6. The maximum absolute atomic E-state index is 12.2. The van der Waals surface area contributed by atoms with Crippen LogP contribution in [0.15, 0.2) is 84.9 Å². The summed E-state index contributed by atoms with van der Waals surface area (Å²) in [4.78, 5) is 22.7. The van der Waals surface area contributed by atoms with E-state index in [1.165, 1.54) is 17.7 Å². The molecule has 3 rings (SSSR count). The van der Waals surface area contributed by atoms with Crippen LogP contribution in [0.4, 0.5) is 16.2 Å². The molecule has 3 aromatic carbocycles. The largest absolute Gasteiger partial charge is 0.445 e. The molecule has 33 heavy (non-hydrogen) atoms. The number of hydrogen-bond acceptors (Lipinski definition) is 5. The third-order valence-corrected chi connectivity index (χ3v) is 5.49. The number of amides is 1. The van der Waals surface area contributed by atoms with Crippen LogP contribution in [-0.4, -0.2) is 23.6 Å². The molecule has 0 aliphatic rings. The van der Waals surface area contributed by atoms with Gasteiger partial charge in [0.15, 0.2) is 0 Å². The summed E-state index contributed by atoms with van der Waals surface area (Å²) in [6, 6.07) is 26.2. The van der Waals surface area contributed by atoms with E-state index >= 15 is 0 Å². The first-order valence-electron chi connectivity index (χ1n) is 11.0. The highest BCUT2D eigenvalue weighted by Crippen LogP contribution is 2.20. The van der Waals surface area contributed by atoms with Crippen molar-refractivity contribution in [3.05, 3.63) is 106 Å². The Hall–Kier alpha value is -3.87. The van der Waals surface area contributed by atoms with Gasteiger partial charge < -0.3 is 15.4 Å². The molecule has 0 spiro atoms. The lowest BCUT2D eigenvalue weighted by Gasteiger charge is -2.26. The second kappa shape index (κ2) is 12.2. The molecule has 0 saturated carbocycles. The van der Waals surface area contributed by atoms with Crippen LogP contribution in [0, 0.1) is 16.0 Å². The van der Waals surface area contributed by atoms with Crippen molar-refractivity contribution in [3.63, 3.8) is 0 Å². The number of carbonyl (C=O) groups excluding carboxylic acids is 1. The summed E-state index contributed by atoms with van der Waals surface area (Å²) in [6.07, 6.45) is 1.25. The molecule has 2 atom stereocenters. The van der Waals surface area contributed by atoms with Crippen molar-refractivity contribution < 1.29 is 14.5 Å². The van der Waals surface area contributed by atoms with E-state index in [0.29, 0.717) is 6.54 Å². The fraction of sp³-hybridized carbons (Fsp3) is 0.269. The number of nitrogens with one attached hydrogen (secondary N) is 2. The van der Waals surface area contributed by atoms with Gasteiger partial charge in [-0.15, -0.1) is 0 Å². The highest BCUT2D eigenvalue weighted by Gasteiger charge is 2.19. The number of nitro groups is 1. The van der Waals surface area contributed by atoms with E-state index in [0.717, 1.165) is 24.1 Å². The lowest BCUT2D eigenvalue weighted by atomic mass is 9.94. The van der Waals surface area contributed by atoms with E-state index in [1.807, 2.05) is 48.5 Å². The fourth-order valence-electron chi connectivity index (χ4n) is 3.52. The molecule has 0 unspecified atom stereocenters. The number of rotatable bonds is 11. The Balaban J connectivity index is 1.57. The van der Waals surface area contributed by atoms with Crippen molar-refractivity contribution in [2.24, 2.45) is 5.92 Å². The van der Waals surface area contributed by atoms with Crippen LogP contribution in [-0.2, 0) is 17.8 Å². The van der Waals surface area contributed by atoms with Gasteiger partial charge >= 0.3 is 6.09 Å². The van der Waals surface area contributed by atoms with Gasteiger partial charge in [-0.1, -0.05) is 67.6 Å². The van der Waals surface area contributed by atoms with Gasteiger partial charge in [0.1, 0.15) is 6.61 Å². The minimum Gasteiger partial charge on any atom is -0.445 e. The van der Waals surface area contributed by atoms with Gasteiger partial charge in [0.05, 0.1) is 4.92 Å². The summed E-state index contributed by atoms with van der Waals surface area (Å²) < 4.78 is 5.31. The van der Waals surface area contributed by atoms with Gasteiger partial charge in [-0.3, -0.25) is 10.1 Å². The Bertz CT molecular complexity index is 1010.